The molecule has 0 aliphatic heterocycles. The Kier molecular flexibility index (Phi) is 6.75. The van der Waals surface area contributed by atoms with Crippen molar-refractivity contribution in [3.63, 3.8) is 0 Å². The molecule has 0 amide bonds. The number of furan rings is 1. The van der Waals surface area contributed by atoms with Crippen molar-refractivity contribution in [1.29, 1.82) is 0 Å². The van der Waals surface area contributed by atoms with Crippen LogP contribution >= 0.6 is 0 Å². The van der Waals surface area contributed by atoms with Crippen LogP contribution in [0.1, 0.15) is 25.0 Å². The molecule has 0 atom stereocenters. The van der Waals surface area contributed by atoms with E-state index < -0.39 is 0 Å². The first kappa shape index (κ1) is 33.3. The van der Waals surface area contributed by atoms with Gasteiger partial charge in [-0.1, -0.05) is 166 Å². The summed E-state index contributed by atoms with van der Waals surface area (Å²) in [4.78, 5) is 16.2. The Balaban J connectivity index is 1.12. The van der Waals surface area contributed by atoms with Gasteiger partial charge in [0, 0.05) is 38.4 Å². The van der Waals surface area contributed by atoms with E-state index in [-0.39, 0.29) is 5.41 Å². The van der Waals surface area contributed by atoms with Crippen molar-refractivity contribution >= 4 is 75.8 Å². The quantitative estimate of drug-likeness (QED) is 0.168. The molecule has 1 aliphatic carbocycles. The summed E-state index contributed by atoms with van der Waals surface area (Å²) < 4.78 is 6.87. The van der Waals surface area contributed by atoms with Crippen molar-refractivity contribution in [2.75, 3.05) is 0 Å². The Bertz CT molecular complexity index is 3810. The van der Waals surface area contributed by atoms with Crippen molar-refractivity contribution in [2.24, 2.45) is 0 Å². The summed E-state index contributed by atoms with van der Waals surface area (Å²) in [5.74, 6) is 1.86. The third kappa shape index (κ3) is 4.70. The van der Waals surface area contributed by atoms with E-state index in [1.807, 2.05) is 6.07 Å². The van der Waals surface area contributed by atoms with Crippen molar-refractivity contribution < 1.29 is 4.42 Å². The van der Waals surface area contributed by atoms with Crippen LogP contribution in [0.2, 0.25) is 0 Å². The van der Waals surface area contributed by atoms with Crippen molar-refractivity contribution in [3.8, 4) is 45.3 Å². The Morgan fingerprint density at radius 2 is 0.933 bits per heavy atom. The van der Waals surface area contributed by atoms with Crippen LogP contribution in [0.15, 0.2) is 180 Å². The first-order valence-corrected chi connectivity index (χ1v) is 20.6. The van der Waals surface area contributed by atoms with Gasteiger partial charge in [0.1, 0.15) is 11.2 Å². The summed E-state index contributed by atoms with van der Waals surface area (Å²) in [5, 5.41) is 14.1. The highest BCUT2D eigenvalue weighted by atomic mass is 16.3. The second kappa shape index (κ2) is 12.2. The molecule has 0 bridgehead atoms. The van der Waals surface area contributed by atoms with Crippen LogP contribution in [0.3, 0.4) is 0 Å². The molecule has 0 N–H and O–H groups in total. The molecule has 4 nitrogen and oxygen atoms in total. The third-order valence-electron chi connectivity index (χ3n) is 13.0. The fraction of sp³-hybridized carbons (Fsp3) is 0.0536. The molecule has 2 aromatic heterocycles. The maximum Gasteiger partial charge on any atom is 0.164 e. The van der Waals surface area contributed by atoms with Crippen molar-refractivity contribution in [3.05, 3.63) is 187 Å². The maximum absolute atomic E-state index is 6.87. The van der Waals surface area contributed by atoms with Crippen LogP contribution in [-0.2, 0) is 5.41 Å². The average Bonchev–Trinajstić information content (AvgIpc) is 3.80. The number of hydrogen-bond donors (Lipinski definition) is 0. The van der Waals surface area contributed by atoms with Gasteiger partial charge in [-0.2, -0.15) is 0 Å². The average molecular weight is 766 g/mol. The van der Waals surface area contributed by atoms with Gasteiger partial charge in [0.05, 0.1) is 0 Å². The van der Waals surface area contributed by atoms with Crippen molar-refractivity contribution in [2.45, 2.75) is 19.3 Å². The van der Waals surface area contributed by atoms with Gasteiger partial charge in [0.15, 0.2) is 17.5 Å². The largest absolute Gasteiger partial charge is 0.455 e. The minimum Gasteiger partial charge on any atom is -0.455 e. The van der Waals surface area contributed by atoms with Gasteiger partial charge < -0.3 is 4.42 Å². The van der Waals surface area contributed by atoms with Gasteiger partial charge in [0.25, 0.3) is 0 Å². The van der Waals surface area contributed by atoms with Crippen molar-refractivity contribution in [1.82, 2.24) is 15.0 Å². The number of fused-ring (bicyclic) bond motifs is 15. The zero-order valence-corrected chi connectivity index (χ0v) is 33.0. The van der Waals surface area contributed by atoms with E-state index >= 15 is 0 Å². The van der Waals surface area contributed by atoms with Gasteiger partial charge in [-0.05, 0) is 94.8 Å². The maximum atomic E-state index is 6.87. The van der Waals surface area contributed by atoms with E-state index in [4.69, 9.17) is 19.4 Å². The van der Waals surface area contributed by atoms with E-state index in [0.29, 0.717) is 17.5 Å². The van der Waals surface area contributed by atoms with Gasteiger partial charge in [-0.3, -0.25) is 0 Å². The molecule has 10 aromatic carbocycles. The standard InChI is InChI=1S/C56H35N3O/c1-56(2)45-17-9-7-15-41(45)51-46(56)31-44(50-42-16-8-10-18-47(42)60-52(50)51)55-58-53(38-27-19-32-11-3-4-13-37(32)29-38)57-54(59-55)39-28-22-34-21-24-36-26-25-35-23-20-33-12-5-6-14-40(33)48(35)49(36)43(34)30-39/h3-31H,1-2H3. The topological polar surface area (TPSA) is 51.8 Å². The van der Waals surface area contributed by atoms with Gasteiger partial charge in [0.2, 0.25) is 0 Å². The number of para-hydroxylation sites is 1. The molecule has 0 saturated heterocycles. The van der Waals surface area contributed by atoms with Crippen LogP contribution in [0, 0.1) is 0 Å². The van der Waals surface area contributed by atoms with Crippen LogP contribution in [0.25, 0.3) is 121 Å². The van der Waals surface area contributed by atoms with E-state index in [1.54, 1.807) is 0 Å². The molecule has 12 aromatic rings. The number of rotatable bonds is 3. The van der Waals surface area contributed by atoms with Crippen LogP contribution < -0.4 is 0 Å². The predicted molar refractivity (Wildman–Crippen MR) is 249 cm³/mol. The normalized spacial score (nSPS) is 13.3. The smallest absolute Gasteiger partial charge is 0.164 e. The molecule has 0 fully saturated rings. The fourth-order valence-electron chi connectivity index (χ4n) is 10.1. The molecule has 0 unspecified atom stereocenters. The second-order valence-corrected chi connectivity index (χ2v) is 16.7. The summed E-state index contributed by atoms with van der Waals surface area (Å²) in [6.45, 7) is 4.61. The third-order valence-corrected chi connectivity index (χ3v) is 13.0. The monoisotopic (exact) mass is 765 g/mol. The summed E-state index contributed by atoms with van der Waals surface area (Å²) in [7, 11) is 0. The molecule has 0 radical (unpaired) electrons. The highest BCUT2D eigenvalue weighted by Gasteiger charge is 2.39. The van der Waals surface area contributed by atoms with E-state index in [2.05, 4.69) is 184 Å². The molecular formula is C56H35N3O. The molecule has 4 heteroatoms. The minimum absolute atomic E-state index is 0.267. The number of hydrogen-bond acceptors (Lipinski definition) is 4. The Labute approximate surface area is 345 Å². The highest BCUT2D eigenvalue weighted by Crippen LogP contribution is 2.54. The first-order valence-electron chi connectivity index (χ1n) is 20.6. The predicted octanol–water partition coefficient (Wildman–Crippen LogP) is 14.8. The summed E-state index contributed by atoms with van der Waals surface area (Å²) in [6.07, 6.45) is 0. The number of nitrogens with zero attached hydrogens (tertiary/aromatic N) is 3. The van der Waals surface area contributed by atoms with Crippen LogP contribution in [-0.4, -0.2) is 15.0 Å². The zero-order chi connectivity index (χ0) is 39.7. The highest BCUT2D eigenvalue weighted by molar-refractivity contribution is 6.27. The van der Waals surface area contributed by atoms with Gasteiger partial charge in [-0.25, -0.2) is 15.0 Å². The van der Waals surface area contributed by atoms with Crippen LogP contribution in [0.4, 0.5) is 0 Å². The summed E-state index contributed by atoms with van der Waals surface area (Å²) in [5.41, 5.74) is 9.10. The second-order valence-electron chi connectivity index (χ2n) is 16.7. The SMILES string of the molecule is CC1(C)c2ccccc2-c2c1cc(-c1nc(-c3ccc4ccccc4c3)nc(-c3ccc4ccc5ccc6ccc7ccccc7c6c5c4c3)n1)c1c2oc2ccccc21. The number of aromatic nitrogens is 3. The minimum atomic E-state index is -0.267. The lowest BCUT2D eigenvalue weighted by atomic mass is 9.81. The lowest BCUT2D eigenvalue weighted by Gasteiger charge is -2.22. The molecular weight excluding hydrogens is 731 g/mol. The summed E-state index contributed by atoms with van der Waals surface area (Å²) in [6, 6.07) is 63.0. The Morgan fingerprint density at radius 3 is 1.72 bits per heavy atom. The molecule has 1 aliphatic rings. The van der Waals surface area contributed by atoms with E-state index in [9.17, 15) is 0 Å². The molecule has 60 heavy (non-hydrogen) atoms. The van der Waals surface area contributed by atoms with Gasteiger partial charge >= 0.3 is 0 Å². The molecule has 0 spiro atoms. The molecule has 280 valence electrons. The van der Waals surface area contributed by atoms with E-state index in [1.165, 1.54) is 65.2 Å². The lowest BCUT2D eigenvalue weighted by Crippen LogP contribution is -2.15. The van der Waals surface area contributed by atoms with Crippen LogP contribution in [0.5, 0.6) is 0 Å². The molecule has 13 rings (SSSR count). The summed E-state index contributed by atoms with van der Waals surface area (Å²) >= 11 is 0. The number of benzene rings is 10. The molecule has 0 saturated carbocycles. The molecule has 2 heterocycles. The fourth-order valence-corrected chi connectivity index (χ4v) is 10.1. The lowest BCUT2D eigenvalue weighted by molar-refractivity contribution is 0.653. The Morgan fingerprint density at radius 1 is 0.383 bits per heavy atom. The first-order chi connectivity index (χ1) is 29.5. The van der Waals surface area contributed by atoms with E-state index in [0.717, 1.165) is 49.6 Å². The Hall–Kier alpha value is -7.69. The van der Waals surface area contributed by atoms with Gasteiger partial charge in [-0.15, -0.1) is 0 Å². The zero-order valence-electron chi connectivity index (χ0n) is 33.0.